The second kappa shape index (κ2) is 7.76. The first-order valence-corrected chi connectivity index (χ1v) is 10.2. The van der Waals surface area contributed by atoms with Crippen LogP contribution >= 0.6 is 12.2 Å². The zero-order chi connectivity index (χ0) is 19.7. The SMILES string of the molecule is CCCN1C(=S)N[C@@H](c2ccccn2)[C@@H]1c1cc(C)n(-c2ccccc2)c1C. The summed E-state index contributed by atoms with van der Waals surface area (Å²) in [5, 5.41) is 4.35. The minimum absolute atomic E-state index is 0.0463. The number of nitrogens with one attached hydrogen (secondary N) is 1. The van der Waals surface area contributed by atoms with E-state index in [-0.39, 0.29) is 12.1 Å². The topological polar surface area (TPSA) is 33.1 Å². The van der Waals surface area contributed by atoms with Crippen LogP contribution in [-0.2, 0) is 0 Å². The highest BCUT2D eigenvalue weighted by Crippen LogP contribution is 2.41. The van der Waals surface area contributed by atoms with Crippen LogP contribution < -0.4 is 5.32 Å². The molecule has 2 aromatic heterocycles. The Labute approximate surface area is 172 Å². The fourth-order valence-electron chi connectivity index (χ4n) is 4.29. The molecule has 5 heteroatoms. The Morgan fingerprint density at radius 3 is 2.50 bits per heavy atom. The maximum atomic E-state index is 5.72. The molecule has 2 atom stereocenters. The summed E-state index contributed by atoms with van der Waals surface area (Å²) < 4.78 is 2.33. The van der Waals surface area contributed by atoms with Gasteiger partial charge in [-0.15, -0.1) is 0 Å². The molecule has 0 bridgehead atoms. The molecule has 1 aromatic carbocycles. The minimum atomic E-state index is 0.0463. The predicted molar refractivity (Wildman–Crippen MR) is 118 cm³/mol. The zero-order valence-electron chi connectivity index (χ0n) is 16.6. The third kappa shape index (κ3) is 3.20. The molecule has 4 rings (SSSR count). The molecule has 1 fully saturated rings. The summed E-state index contributed by atoms with van der Waals surface area (Å²) in [6, 6.07) is 19.1. The maximum Gasteiger partial charge on any atom is 0.170 e. The minimum Gasteiger partial charge on any atom is -0.352 e. The summed E-state index contributed by atoms with van der Waals surface area (Å²) in [6.45, 7) is 7.50. The van der Waals surface area contributed by atoms with Crippen molar-refractivity contribution in [3.63, 3.8) is 0 Å². The van der Waals surface area contributed by atoms with E-state index in [4.69, 9.17) is 12.2 Å². The number of rotatable bonds is 5. The molecule has 3 aromatic rings. The van der Waals surface area contributed by atoms with Crippen molar-refractivity contribution < 1.29 is 0 Å². The Hall–Kier alpha value is -2.66. The maximum absolute atomic E-state index is 5.72. The number of benzene rings is 1. The smallest absolute Gasteiger partial charge is 0.170 e. The average molecular weight is 391 g/mol. The lowest BCUT2D eigenvalue weighted by molar-refractivity contribution is 0.316. The molecule has 144 valence electrons. The van der Waals surface area contributed by atoms with Gasteiger partial charge >= 0.3 is 0 Å². The lowest BCUT2D eigenvalue weighted by Gasteiger charge is -2.27. The predicted octanol–water partition coefficient (Wildman–Crippen LogP) is 4.87. The zero-order valence-corrected chi connectivity index (χ0v) is 17.4. The highest BCUT2D eigenvalue weighted by atomic mass is 32.1. The third-order valence-electron chi connectivity index (χ3n) is 5.47. The Kier molecular flexibility index (Phi) is 5.18. The molecule has 0 aliphatic carbocycles. The summed E-state index contributed by atoms with van der Waals surface area (Å²) in [6.07, 6.45) is 2.90. The molecule has 1 aliphatic heterocycles. The van der Waals surface area contributed by atoms with Gasteiger partial charge in [-0.2, -0.15) is 0 Å². The molecule has 0 radical (unpaired) electrons. The largest absolute Gasteiger partial charge is 0.352 e. The first kappa shape index (κ1) is 18.7. The van der Waals surface area contributed by atoms with Crippen molar-refractivity contribution in [1.82, 2.24) is 19.8 Å². The first-order chi connectivity index (χ1) is 13.6. The molecule has 0 unspecified atom stereocenters. The number of aryl methyl sites for hydroxylation is 1. The van der Waals surface area contributed by atoms with E-state index in [2.05, 4.69) is 83.0 Å². The quantitative estimate of drug-likeness (QED) is 0.630. The van der Waals surface area contributed by atoms with Gasteiger partial charge < -0.3 is 14.8 Å². The van der Waals surface area contributed by atoms with Crippen molar-refractivity contribution in [2.75, 3.05) is 6.54 Å². The van der Waals surface area contributed by atoms with Crippen molar-refractivity contribution in [3.8, 4) is 5.69 Å². The lowest BCUT2D eigenvalue weighted by Crippen LogP contribution is -2.30. The van der Waals surface area contributed by atoms with Gasteiger partial charge in [0.05, 0.1) is 17.8 Å². The van der Waals surface area contributed by atoms with E-state index in [9.17, 15) is 0 Å². The molecule has 4 nitrogen and oxygen atoms in total. The standard InChI is InChI=1S/C23H26N4S/c1-4-14-26-22(21(25-23(26)28)20-12-8-9-13-24-20)19-15-16(2)27(17(19)3)18-10-6-5-7-11-18/h5-13,15,21-22H,4,14H2,1-3H3,(H,25,28)/t21-,22-/m0/s1. The summed E-state index contributed by atoms with van der Waals surface area (Å²) in [7, 11) is 0. The van der Waals surface area contributed by atoms with Gasteiger partial charge in [-0.05, 0) is 68.4 Å². The van der Waals surface area contributed by atoms with Crippen LogP contribution in [0.15, 0.2) is 60.8 Å². The normalized spacial score (nSPS) is 19.1. The van der Waals surface area contributed by atoms with Gasteiger partial charge in [0.2, 0.25) is 0 Å². The Bertz CT molecular complexity index is 965. The van der Waals surface area contributed by atoms with Gasteiger partial charge in [-0.3, -0.25) is 4.98 Å². The van der Waals surface area contributed by atoms with Gasteiger partial charge in [0.15, 0.2) is 5.11 Å². The van der Waals surface area contributed by atoms with Gasteiger partial charge in [-0.25, -0.2) is 0 Å². The van der Waals surface area contributed by atoms with Gasteiger partial charge in [0.1, 0.15) is 0 Å². The molecule has 1 saturated heterocycles. The molecule has 1 aliphatic rings. The van der Waals surface area contributed by atoms with Crippen molar-refractivity contribution >= 4 is 17.3 Å². The average Bonchev–Trinajstić information content (AvgIpc) is 3.19. The fraction of sp³-hybridized carbons (Fsp3) is 0.304. The number of thiocarbonyl (C=S) groups is 1. The summed E-state index contributed by atoms with van der Waals surface area (Å²) in [5.74, 6) is 0. The van der Waals surface area contributed by atoms with Gasteiger partial charge in [0.25, 0.3) is 0 Å². The van der Waals surface area contributed by atoms with E-state index in [1.54, 1.807) is 0 Å². The van der Waals surface area contributed by atoms with Crippen LogP contribution in [0, 0.1) is 13.8 Å². The van der Waals surface area contributed by atoms with Crippen LogP contribution in [0.25, 0.3) is 5.69 Å². The second-order valence-corrected chi connectivity index (χ2v) is 7.70. The van der Waals surface area contributed by atoms with E-state index in [1.807, 2.05) is 18.3 Å². The number of nitrogens with zero attached hydrogens (tertiary/aromatic N) is 3. The Balaban J connectivity index is 1.83. The van der Waals surface area contributed by atoms with E-state index < -0.39 is 0 Å². The van der Waals surface area contributed by atoms with Crippen LogP contribution in [0.1, 0.15) is 48.1 Å². The second-order valence-electron chi connectivity index (χ2n) is 7.32. The number of pyridine rings is 1. The Morgan fingerprint density at radius 2 is 1.82 bits per heavy atom. The van der Waals surface area contributed by atoms with Crippen molar-refractivity contribution in [3.05, 3.63) is 83.4 Å². The summed E-state index contributed by atoms with van der Waals surface area (Å²) in [5.41, 5.74) is 6.00. The molecule has 0 amide bonds. The lowest BCUT2D eigenvalue weighted by atomic mass is 9.96. The molecule has 3 heterocycles. The Morgan fingerprint density at radius 1 is 1.07 bits per heavy atom. The molecular weight excluding hydrogens is 364 g/mol. The monoisotopic (exact) mass is 390 g/mol. The van der Waals surface area contributed by atoms with Crippen molar-refractivity contribution in [2.45, 2.75) is 39.3 Å². The van der Waals surface area contributed by atoms with Crippen LogP contribution in [0.5, 0.6) is 0 Å². The highest BCUT2D eigenvalue weighted by Gasteiger charge is 2.40. The molecule has 0 spiro atoms. The van der Waals surface area contributed by atoms with Crippen molar-refractivity contribution in [2.24, 2.45) is 0 Å². The van der Waals surface area contributed by atoms with Crippen molar-refractivity contribution in [1.29, 1.82) is 0 Å². The third-order valence-corrected chi connectivity index (χ3v) is 5.82. The van der Waals surface area contributed by atoms with E-state index in [1.165, 1.54) is 22.6 Å². The van der Waals surface area contributed by atoms with Crippen LogP contribution in [0.4, 0.5) is 0 Å². The molecule has 0 saturated carbocycles. The molecule has 28 heavy (non-hydrogen) atoms. The van der Waals surface area contributed by atoms with E-state index in [0.29, 0.717) is 0 Å². The van der Waals surface area contributed by atoms with Gasteiger partial charge in [0, 0.05) is 29.8 Å². The molecular formula is C23H26N4S. The number of hydrogen-bond acceptors (Lipinski definition) is 2. The first-order valence-electron chi connectivity index (χ1n) is 9.84. The summed E-state index contributed by atoms with van der Waals surface area (Å²) >= 11 is 5.72. The van der Waals surface area contributed by atoms with Crippen LogP contribution in [-0.4, -0.2) is 26.1 Å². The fourth-order valence-corrected chi connectivity index (χ4v) is 4.62. The number of aromatic nitrogens is 2. The number of hydrogen-bond donors (Lipinski definition) is 1. The van der Waals surface area contributed by atoms with Crippen LogP contribution in [0.3, 0.4) is 0 Å². The highest BCUT2D eigenvalue weighted by molar-refractivity contribution is 7.80. The van der Waals surface area contributed by atoms with E-state index >= 15 is 0 Å². The van der Waals surface area contributed by atoms with Crippen LogP contribution in [0.2, 0.25) is 0 Å². The van der Waals surface area contributed by atoms with E-state index in [0.717, 1.165) is 23.8 Å². The van der Waals surface area contributed by atoms with Gasteiger partial charge in [-0.1, -0.05) is 31.2 Å². The molecule has 1 N–H and O–H groups in total. The summed E-state index contributed by atoms with van der Waals surface area (Å²) in [4.78, 5) is 6.95. The number of para-hydroxylation sites is 1.